The first-order chi connectivity index (χ1) is 13.6. The molecule has 2 saturated heterocycles. The maximum absolute atomic E-state index is 12.4. The van der Waals surface area contributed by atoms with Gasteiger partial charge in [-0.15, -0.1) is 0 Å². The molecule has 1 aliphatic carbocycles. The zero-order valence-electron chi connectivity index (χ0n) is 16.5. The summed E-state index contributed by atoms with van der Waals surface area (Å²) >= 11 is 0. The fraction of sp³-hybridized carbons (Fsp3) is 0.591. The standard InChI is InChI=1S/C22H28N4O2/c1-26-20-15(14-7-9-22(10-8-14)11-12-23-13-22)3-2-4-16(20)19(25-26)17-5-6-18(27)24-21(17)28/h2-4,14,17,23H,5-13H2,1H3,(H,24,27,28). The van der Waals surface area contributed by atoms with Gasteiger partial charge in [-0.1, -0.05) is 18.2 Å². The largest absolute Gasteiger partial charge is 0.316 e. The number of rotatable bonds is 2. The fourth-order valence-electron chi connectivity index (χ4n) is 5.70. The number of benzene rings is 1. The third kappa shape index (κ3) is 2.85. The highest BCUT2D eigenvalue weighted by atomic mass is 16.2. The molecule has 2 amide bonds. The van der Waals surface area contributed by atoms with Gasteiger partial charge in [-0.3, -0.25) is 19.6 Å². The van der Waals surface area contributed by atoms with Crippen LogP contribution in [-0.2, 0) is 16.6 Å². The topological polar surface area (TPSA) is 76.0 Å². The molecule has 6 nitrogen and oxygen atoms in total. The molecule has 1 aromatic carbocycles. The summed E-state index contributed by atoms with van der Waals surface area (Å²) in [6, 6.07) is 6.43. The summed E-state index contributed by atoms with van der Waals surface area (Å²) in [5.41, 5.74) is 3.87. The van der Waals surface area contributed by atoms with E-state index in [4.69, 9.17) is 5.10 Å². The molecule has 1 unspecified atom stereocenters. The lowest BCUT2D eigenvalue weighted by molar-refractivity contribution is -0.134. The van der Waals surface area contributed by atoms with Crippen LogP contribution in [0.1, 0.15) is 68.0 Å². The maximum Gasteiger partial charge on any atom is 0.235 e. The van der Waals surface area contributed by atoms with Crippen molar-refractivity contribution in [2.24, 2.45) is 12.5 Å². The van der Waals surface area contributed by atoms with Gasteiger partial charge >= 0.3 is 0 Å². The van der Waals surface area contributed by atoms with Gasteiger partial charge in [0.25, 0.3) is 0 Å². The molecular formula is C22H28N4O2. The number of hydrogen-bond donors (Lipinski definition) is 2. The molecule has 2 aliphatic heterocycles. The molecule has 148 valence electrons. The predicted molar refractivity (Wildman–Crippen MR) is 107 cm³/mol. The van der Waals surface area contributed by atoms with E-state index in [0.717, 1.165) is 23.1 Å². The third-order valence-corrected chi connectivity index (χ3v) is 7.31. The molecule has 1 atom stereocenters. The van der Waals surface area contributed by atoms with Crippen molar-refractivity contribution in [3.8, 4) is 0 Å². The molecule has 28 heavy (non-hydrogen) atoms. The summed E-state index contributed by atoms with van der Waals surface area (Å²) in [6.45, 7) is 2.34. The van der Waals surface area contributed by atoms with Gasteiger partial charge in [-0.25, -0.2) is 0 Å². The summed E-state index contributed by atoms with van der Waals surface area (Å²) in [4.78, 5) is 23.9. The van der Waals surface area contributed by atoms with Crippen LogP contribution in [0.15, 0.2) is 18.2 Å². The van der Waals surface area contributed by atoms with Gasteiger partial charge in [0.15, 0.2) is 0 Å². The Morgan fingerprint density at radius 3 is 2.68 bits per heavy atom. The van der Waals surface area contributed by atoms with E-state index >= 15 is 0 Å². The molecule has 3 heterocycles. The Kier molecular flexibility index (Phi) is 4.27. The van der Waals surface area contributed by atoms with Crippen LogP contribution in [0, 0.1) is 5.41 Å². The number of nitrogens with one attached hydrogen (secondary N) is 2. The van der Waals surface area contributed by atoms with E-state index < -0.39 is 0 Å². The average Bonchev–Trinajstić information content (AvgIpc) is 3.28. The van der Waals surface area contributed by atoms with E-state index in [1.54, 1.807) is 0 Å². The minimum atomic E-state index is -0.337. The second-order valence-electron chi connectivity index (χ2n) is 8.96. The minimum absolute atomic E-state index is 0.181. The first-order valence-corrected chi connectivity index (χ1v) is 10.6. The zero-order valence-corrected chi connectivity index (χ0v) is 16.5. The summed E-state index contributed by atoms with van der Waals surface area (Å²) in [5, 5.41) is 11.8. The molecule has 0 radical (unpaired) electrons. The Morgan fingerprint density at radius 1 is 1.14 bits per heavy atom. The number of aromatic nitrogens is 2. The molecule has 1 spiro atoms. The van der Waals surface area contributed by atoms with Crippen LogP contribution in [0.4, 0.5) is 0 Å². The zero-order chi connectivity index (χ0) is 19.3. The molecule has 2 aromatic rings. The molecule has 3 aliphatic rings. The van der Waals surface area contributed by atoms with E-state index in [0.29, 0.717) is 24.2 Å². The van der Waals surface area contributed by atoms with E-state index in [-0.39, 0.29) is 17.7 Å². The molecule has 6 heteroatoms. The monoisotopic (exact) mass is 380 g/mol. The van der Waals surface area contributed by atoms with E-state index in [1.165, 1.54) is 44.2 Å². The molecule has 1 aromatic heterocycles. The highest BCUT2D eigenvalue weighted by Gasteiger charge is 2.39. The third-order valence-electron chi connectivity index (χ3n) is 7.31. The number of aryl methyl sites for hydroxylation is 1. The highest BCUT2D eigenvalue weighted by Crippen LogP contribution is 2.47. The van der Waals surface area contributed by atoms with Gasteiger partial charge in [0.2, 0.25) is 11.8 Å². The van der Waals surface area contributed by atoms with Crippen molar-refractivity contribution in [3.63, 3.8) is 0 Å². The predicted octanol–water partition coefficient (Wildman–Crippen LogP) is 2.73. The summed E-state index contributed by atoms with van der Waals surface area (Å²) in [6.07, 6.45) is 7.26. The molecule has 5 rings (SSSR count). The Balaban J connectivity index is 1.47. The Morgan fingerprint density at radius 2 is 1.96 bits per heavy atom. The summed E-state index contributed by atoms with van der Waals surface area (Å²) in [5.74, 6) is -0.175. The van der Waals surface area contributed by atoms with Crippen molar-refractivity contribution in [3.05, 3.63) is 29.5 Å². The lowest BCUT2D eigenvalue weighted by Crippen LogP contribution is -2.39. The van der Waals surface area contributed by atoms with Crippen molar-refractivity contribution in [1.82, 2.24) is 20.4 Å². The van der Waals surface area contributed by atoms with E-state index in [1.807, 2.05) is 11.7 Å². The second-order valence-corrected chi connectivity index (χ2v) is 8.96. The van der Waals surface area contributed by atoms with Gasteiger partial charge in [0.1, 0.15) is 0 Å². The van der Waals surface area contributed by atoms with Crippen LogP contribution >= 0.6 is 0 Å². The van der Waals surface area contributed by atoms with E-state index in [9.17, 15) is 9.59 Å². The highest BCUT2D eigenvalue weighted by molar-refractivity contribution is 6.02. The number of amides is 2. The number of imide groups is 1. The quantitative estimate of drug-likeness (QED) is 0.786. The minimum Gasteiger partial charge on any atom is -0.316 e. The van der Waals surface area contributed by atoms with Gasteiger partial charge in [-0.05, 0) is 62.0 Å². The maximum atomic E-state index is 12.4. The Hall–Kier alpha value is -2.21. The number of carbonyl (C=O) groups excluding carboxylic acids is 2. The van der Waals surface area contributed by atoms with Crippen LogP contribution in [0.25, 0.3) is 10.9 Å². The number of fused-ring (bicyclic) bond motifs is 1. The number of hydrogen-bond acceptors (Lipinski definition) is 4. The Labute approximate surface area is 165 Å². The van der Waals surface area contributed by atoms with Gasteiger partial charge < -0.3 is 5.32 Å². The SMILES string of the molecule is Cn1nc(C2CCC(=O)NC2=O)c2cccc(C3CCC4(CCNC4)CC3)c21. The van der Waals surface area contributed by atoms with Crippen molar-refractivity contribution in [2.45, 2.75) is 56.8 Å². The molecule has 2 N–H and O–H groups in total. The Bertz CT molecular complexity index is 931. The van der Waals surface area contributed by atoms with E-state index in [2.05, 4.69) is 28.8 Å². The van der Waals surface area contributed by atoms with Crippen LogP contribution in [0.2, 0.25) is 0 Å². The van der Waals surface area contributed by atoms with Crippen molar-refractivity contribution >= 4 is 22.7 Å². The van der Waals surface area contributed by atoms with Crippen LogP contribution < -0.4 is 10.6 Å². The first-order valence-electron chi connectivity index (χ1n) is 10.6. The summed E-state index contributed by atoms with van der Waals surface area (Å²) < 4.78 is 1.95. The van der Waals surface area contributed by atoms with Crippen LogP contribution in [0.5, 0.6) is 0 Å². The van der Waals surface area contributed by atoms with Crippen LogP contribution in [-0.4, -0.2) is 34.7 Å². The lowest BCUT2D eigenvalue weighted by atomic mass is 9.68. The number of carbonyl (C=O) groups is 2. The summed E-state index contributed by atoms with van der Waals surface area (Å²) in [7, 11) is 1.98. The van der Waals surface area contributed by atoms with Crippen molar-refractivity contribution in [2.75, 3.05) is 13.1 Å². The van der Waals surface area contributed by atoms with Gasteiger partial charge in [0.05, 0.1) is 17.1 Å². The van der Waals surface area contributed by atoms with Gasteiger partial charge in [-0.2, -0.15) is 5.10 Å². The first kappa shape index (κ1) is 17.9. The number of para-hydroxylation sites is 1. The van der Waals surface area contributed by atoms with Crippen molar-refractivity contribution in [1.29, 1.82) is 0 Å². The van der Waals surface area contributed by atoms with Crippen molar-refractivity contribution < 1.29 is 9.59 Å². The smallest absolute Gasteiger partial charge is 0.235 e. The van der Waals surface area contributed by atoms with Crippen LogP contribution in [0.3, 0.4) is 0 Å². The number of piperidine rings is 1. The lowest BCUT2D eigenvalue weighted by Gasteiger charge is -2.37. The molecular weight excluding hydrogens is 352 g/mol. The number of nitrogens with zero attached hydrogens (tertiary/aromatic N) is 2. The molecule has 0 bridgehead atoms. The fourth-order valence-corrected chi connectivity index (χ4v) is 5.70. The molecule has 3 fully saturated rings. The average molecular weight is 380 g/mol. The normalized spacial score (nSPS) is 30.9. The van der Waals surface area contributed by atoms with Gasteiger partial charge in [0, 0.05) is 25.4 Å². The second kappa shape index (κ2) is 6.69. The molecule has 1 saturated carbocycles.